The van der Waals surface area contributed by atoms with Gasteiger partial charge in [-0.25, -0.2) is 0 Å². The van der Waals surface area contributed by atoms with Crippen LogP contribution < -0.4 is 4.74 Å². The first-order valence-electron chi connectivity index (χ1n) is 1.66. The molecule has 0 atom stereocenters. The second-order valence-corrected chi connectivity index (χ2v) is 4.13. The second-order valence-electron chi connectivity index (χ2n) is 1.04. The molecule has 1 heterocycles. The minimum Gasteiger partial charge on any atom is -0.275 e. The fraction of sp³-hybridized carbons (Fsp3) is 0. The Bertz CT molecular complexity index is 238. The first kappa shape index (κ1) is 6.55. The minimum atomic E-state index is -0.151. The first-order valence-corrected chi connectivity index (χ1v) is 4.56. The maximum Gasteiger partial charge on any atom is 0.263 e. The molecule has 0 spiro atoms. The molecule has 1 aromatic heterocycles. The third-order valence-electron chi connectivity index (χ3n) is 0.542. The van der Waals surface area contributed by atoms with Crippen molar-refractivity contribution in [3.05, 3.63) is 18.9 Å². The maximum absolute atomic E-state index is 10.5. The highest BCUT2D eigenvalue weighted by molar-refractivity contribution is 7.69. The molecule has 0 fully saturated rings. The highest BCUT2D eigenvalue weighted by Crippen LogP contribution is 2.25. The molecular weight excluding hydrogens is 187 g/mol. The van der Waals surface area contributed by atoms with Gasteiger partial charge in [0.1, 0.15) is 9.36 Å². The molecule has 8 heavy (non-hydrogen) atoms. The SMILES string of the molecule is O=c1ssc(Cl)c1Cl. The lowest BCUT2D eigenvalue weighted by molar-refractivity contribution is 1.89. The van der Waals surface area contributed by atoms with Crippen LogP contribution in [0, 0.1) is 0 Å². The van der Waals surface area contributed by atoms with Crippen LogP contribution in [0.1, 0.15) is 0 Å². The zero-order chi connectivity index (χ0) is 6.15. The van der Waals surface area contributed by atoms with E-state index < -0.39 is 0 Å². The molecule has 1 aromatic rings. The highest BCUT2D eigenvalue weighted by Gasteiger charge is 2.02. The van der Waals surface area contributed by atoms with Gasteiger partial charge >= 0.3 is 0 Å². The Morgan fingerprint density at radius 1 is 1.25 bits per heavy atom. The van der Waals surface area contributed by atoms with Crippen LogP contribution >= 0.6 is 43.9 Å². The van der Waals surface area contributed by atoms with Crippen LogP contribution in [0.2, 0.25) is 9.36 Å². The van der Waals surface area contributed by atoms with E-state index in [4.69, 9.17) is 23.2 Å². The van der Waals surface area contributed by atoms with Crippen molar-refractivity contribution >= 4 is 43.9 Å². The molecule has 1 rings (SSSR count). The molecule has 0 unspecified atom stereocenters. The summed E-state index contributed by atoms with van der Waals surface area (Å²) in [6, 6.07) is 0. The van der Waals surface area contributed by atoms with E-state index in [-0.39, 0.29) is 9.77 Å². The third-order valence-corrected chi connectivity index (χ3v) is 3.91. The molecule has 0 saturated heterocycles. The van der Waals surface area contributed by atoms with Crippen molar-refractivity contribution in [3.8, 4) is 0 Å². The van der Waals surface area contributed by atoms with Crippen molar-refractivity contribution in [2.24, 2.45) is 0 Å². The summed E-state index contributed by atoms with van der Waals surface area (Å²) in [7, 11) is 2.25. The predicted octanol–water partition coefficient (Wildman–Crippen LogP) is 2.48. The van der Waals surface area contributed by atoms with Gasteiger partial charge in [0.25, 0.3) is 4.74 Å². The van der Waals surface area contributed by atoms with Crippen LogP contribution in [-0.2, 0) is 0 Å². The van der Waals surface area contributed by atoms with E-state index in [9.17, 15) is 4.79 Å². The summed E-state index contributed by atoms with van der Waals surface area (Å²) in [5.41, 5.74) is 0. The molecular formula is C3Cl2OS2. The highest BCUT2D eigenvalue weighted by atomic mass is 35.5. The summed E-state index contributed by atoms with van der Waals surface area (Å²) < 4.78 is 0.239. The zero-order valence-corrected chi connectivity index (χ0v) is 6.63. The van der Waals surface area contributed by atoms with Gasteiger partial charge in [-0.1, -0.05) is 33.5 Å². The maximum atomic E-state index is 10.5. The summed E-state index contributed by atoms with van der Waals surface area (Å²) in [5.74, 6) is 0. The average molecular weight is 187 g/mol. The summed E-state index contributed by atoms with van der Waals surface area (Å²) in [6.07, 6.45) is 0. The lowest BCUT2D eigenvalue weighted by Gasteiger charge is -1.71. The van der Waals surface area contributed by atoms with E-state index in [0.29, 0.717) is 4.34 Å². The summed E-state index contributed by atoms with van der Waals surface area (Å²) in [6.45, 7) is 0. The number of hydrogen-bond acceptors (Lipinski definition) is 3. The van der Waals surface area contributed by atoms with Gasteiger partial charge in [0.05, 0.1) is 0 Å². The van der Waals surface area contributed by atoms with Gasteiger partial charge in [-0.15, -0.1) is 0 Å². The Kier molecular flexibility index (Phi) is 1.92. The standard InChI is InChI=1S/C3Cl2OS2/c4-1-2(5)7-8-3(1)6. The Hall–Kier alpha value is 0.430. The summed E-state index contributed by atoms with van der Waals surface area (Å²) in [5, 5.41) is 0.154. The van der Waals surface area contributed by atoms with Crippen molar-refractivity contribution in [3.63, 3.8) is 0 Å². The fourth-order valence-corrected chi connectivity index (χ4v) is 2.66. The van der Waals surface area contributed by atoms with Gasteiger partial charge in [-0.3, -0.25) is 4.79 Å². The molecule has 0 saturated carbocycles. The van der Waals surface area contributed by atoms with E-state index in [0.717, 1.165) is 10.3 Å². The van der Waals surface area contributed by atoms with Crippen LogP contribution in [0.4, 0.5) is 0 Å². The second kappa shape index (κ2) is 2.35. The number of hydrogen-bond donors (Lipinski definition) is 0. The Morgan fingerprint density at radius 3 is 2.00 bits per heavy atom. The van der Waals surface area contributed by atoms with Crippen LogP contribution in [0.15, 0.2) is 4.79 Å². The molecule has 0 radical (unpaired) electrons. The van der Waals surface area contributed by atoms with E-state index in [1.165, 1.54) is 10.3 Å². The van der Waals surface area contributed by atoms with E-state index >= 15 is 0 Å². The quantitative estimate of drug-likeness (QED) is 0.570. The predicted molar refractivity (Wildman–Crippen MR) is 38.5 cm³/mol. The fourth-order valence-electron chi connectivity index (χ4n) is 0.228. The Balaban J connectivity index is 3.41. The van der Waals surface area contributed by atoms with E-state index in [1.807, 2.05) is 0 Å². The molecule has 1 nitrogen and oxygen atoms in total. The summed E-state index contributed by atoms with van der Waals surface area (Å²) in [4.78, 5) is 10.5. The van der Waals surface area contributed by atoms with Crippen molar-refractivity contribution in [1.82, 2.24) is 0 Å². The lowest BCUT2D eigenvalue weighted by atomic mass is 10.8. The smallest absolute Gasteiger partial charge is 0.263 e. The van der Waals surface area contributed by atoms with Gasteiger partial charge in [-0.2, -0.15) is 0 Å². The lowest BCUT2D eigenvalue weighted by Crippen LogP contribution is -1.85. The molecule has 44 valence electrons. The van der Waals surface area contributed by atoms with Crippen LogP contribution in [0.25, 0.3) is 0 Å². The van der Waals surface area contributed by atoms with Gasteiger partial charge in [0.15, 0.2) is 0 Å². The van der Waals surface area contributed by atoms with Crippen LogP contribution in [-0.4, -0.2) is 0 Å². The van der Waals surface area contributed by atoms with Gasteiger partial charge in [-0.05, 0) is 10.3 Å². The first-order chi connectivity index (χ1) is 3.72. The Labute approximate surface area is 62.9 Å². The van der Waals surface area contributed by atoms with Crippen molar-refractivity contribution < 1.29 is 0 Å². The molecule has 0 bridgehead atoms. The topological polar surface area (TPSA) is 17.1 Å². The molecule has 0 amide bonds. The Morgan fingerprint density at radius 2 is 1.88 bits per heavy atom. The number of rotatable bonds is 0. The van der Waals surface area contributed by atoms with Crippen LogP contribution in [0.5, 0.6) is 0 Å². The largest absolute Gasteiger partial charge is 0.275 e. The summed E-state index contributed by atoms with van der Waals surface area (Å²) >= 11 is 10.8. The third kappa shape index (κ3) is 1.05. The molecule has 5 heteroatoms. The van der Waals surface area contributed by atoms with Gasteiger partial charge in [0.2, 0.25) is 0 Å². The average Bonchev–Trinajstić information content (AvgIpc) is 1.98. The van der Waals surface area contributed by atoms with Crippen LogP contribution in [0.3, 0.4) is 0 Å². The normalized spacial score (nSPS) is 9.75. The van der Waals surface area contributed by atoms with Crippen molar-refractivity contribution in [1.29, 1.82) is 0 Å². The molecule has 0 aromatic carbocycles. The van der Waals surface area contributed by atoms with Gasteiger partial charge in [0, 0.05) is 0 Å². The molecule has 0 aliphatic heterocycles. The zero-order valence-electron chi connectivity index (χ0n) is 3.48. The van der Waals surface area contributed by atoms with Crippen molar-refractivity contribution in [2.75, 3.05) is 0 Å². The molecule has 0 N–H and O–H groups in total. The number of halogens is 2. The van der Waals surface area contributed by atoms with Crippen molar-refractivity contribution in [2.45, 2.75) is 0 Å². The molecule has 0 aliphatic carbocycles. The monoisotopic (exact) mass is 186 g/mol. The van der Waals surface area contributed by atoms with E-state index in [2.05, 4.69) is 0 Å². The van der Waals surface area contributed by atoms with Gasteiger partial charge < -0.3 is 0 Å². The van der Waals surface area contributed by atoms with E-state index in [1.54, 1.807) is 0 Å². The molecule has 0 aliphatic rings. The minimum absolute atomic E-state index is 0.151.